The smallest absolute Gasteiger partial charge is 0.192 e. The molecule has 0 aromatic heterocycles. The highest BCUT2D eigenvalue weighted by molar-refractivity contribution is 9.10. The van der Waals surface area contributed by atoms with E-state index in [4.69, 9.17) is 4.43 Å². The quantitative estimate of drug-likeness (QED) is 0.674. The SMILES string of the molecule is CC(C)(C)[Si](C)(C)OCCN1CCN(c2ccc(Br)cc2)CC1. The summed E-state index contributed by atoms with van der Waals surface area (Å²) < 4.78 is 7.44. The molecule has 1 aliphatic rings. The first kappa shape index (κ1) is 19.0. The second-order valence-electron chi connectivity index (χ2n) is 7.91. The predicted octanol–water partition coefficient (Wildman–Crippen LogP) is 4.59. The minimum absolute atomic E-state index is 0.299. The molecule has 5 heteroatoms. The summed E-state index contributed by atoms with van der Waals surface area (Å²) in [4.78, 5) is 5.00. The van der Waals surface area contributed by atoms with Gasteiger partial charge in [-0.25, -0.2) is 0 Å². The predicted molar refractivity (Wildman–Crippen MR) is 106 cm³/mol. The van der Waals surface area contributed by atoms with Gasteiger partial charge in [-0.1, -0.05) is 36.7 Å². The van der Waals surface area contributed by atoms with Gasteiger partial charge < -0.3 is 9.33 Å². The van der Waals surface area contributed by atoms with Crippen LogP contribution in [0.1, 0.15) is 20.8 Å². The largest absolute Gasteiger partial charge is 0.416 e. The fraction of sp³-hybridized carbons (Fsp3) is 0.667. The van der Waals surface area contributed by atoms with E-state index in [9.17, 15) is 0 Å². The van der Waals surface area contributed by atoms with Crippen LogP contribution in [-0.2, 0) is 4.43 Å². The summed E-state index contributed by atoms with van der Waals surface area (Å²) in [6, 6.07) is 8.63. The van der Waals surface area contributed by atoms with Gasteiger partial charge in [0, 0.05) is 49.5 Å². The first-order valence-electron chi connectivity index (χ1n) is 8.56. The fourth-order valence-corrected chi connectivity index (χ4v) is 3.83. The van der Waals surface area contributed by atoms with Crippen molar-refractivity contribution >= 4 is 29.9 Å². The average Bonchev–Trinajstić information content (AvgIpc) is 2.47. The maximum Gasteiger partial charge on any atom is 0.192 e. The van der Waals surface area contributed by atoms with Gasteiger partial charge in [-0.05, 0) is 42.4 Å². The zero-order valence-electron chi connectivity index (χ0n) is 15.2. The third kappa shape index (κ3) is 5.31. The number of benzene rings is 1. The number of hydrogen-bond donors (Lipinski definition) is 0. The molecule has 0 bridgehead atoms. The lowest BCUT2D eigenvalue weighted by atomic mass is 10.2. The lowest BCUT2D eigenvalue weighted by molar-refractivity contribution is 0.191. The molecule has 0 atom stereocenters. The van der Waals surface area contributed by atoms with Crippen molar-refractivity contribution < 1.29 is 4.43 Å². The molecule has 1 aromatic carbocycles. The molecule has 3 nitrogen and oxygen atoms in total. The summed E-state index contributed by atoms with van der Waals surface area (Å²) in [6.45, 7) is 17.9. The van der Waals surface area contributed by atoms with Gasteiger partial charge in [-0.2, -0.15) is 0 Å². The van der Waals surface area contributed by atoms with Crippen LogP contribution < -0.4 is 4.90 Å². The number of halogens is 1. The van der Waals surface area contributed by atoms with Gasteiger partial charge in [-0.15, -0.1) is 0 Å². The van der Waals surface area contributed by atoms with Crippen LogP contribution in [0.5, 0.6) is 0 Å². The Balaban J connectivity index is 1.74. The summed E-state index contributed by atoms with van der Waals surface area (Å²) in [5, 5.41) is 0.299. The molecule has 0 radical (unpaired) electrons. The van der Waals surface area contributed by atoms with Gasteiger partial charge in [0.1, 0.15) is 0 Å². The minimum atomic E-state index is -1.60. The summed E-state index contributed by atoms with van der Waals surface area (Å²) in [5.74, 6) is 0. The molecule has 0 aliphatic carbocycles. The van der Waals surface area contributed by atoms with E-state index in [0.717, 1.165) is 43.8 Å². The van der Waals surface area contributed by atoms with Crippen LogP contribution in [0, 0.1) is 0 Å². The molecule has 1 aromatic rings. The second kappa shape index (κ2) is 7.68. The van der Waals surface area contributed by atoms with E-state index in [1.54, 1.807) is 0 Å². The molecule has 1 aliphatic heterocycles. The van der Waals surface area contributed by atoms with Crippen molar-refractivity contribution in [1.82, 2.24) is 4.90 Å². The number of anilines is 1. The molecule has 0 unspecified atom stereocenters. The summed E-state index contributed by atoms with van der Waals surface area (Å²) >= 11 is 3.50. The molecule has 1 heterocycles. The molecule has 0 spiro atoms. The third-order valence-electron chi connectivity index (χ3n) is 5.24. The van der Waals surface area contributed by atoms with Crippen molar-refractivity contribution in [2.24, 2.45) is 0 Å². The normalized spacial score (nSPS) is 17.6. The van der Waals surface area contributed by atoms with Crippen molar-refractivity contribution in [3.05, 3.63) is 28.7 Å². The van der Waals surface area contributed by atoms with E-state index in [1.807, 2.05) is 0 Å². The molecular formula is C18H31BrN2OSi. The minimum Gasteiger partial charge on any atom is -0.416 e. The Morgan fingerprint density at radius 2 is 1.61 bits per heavy atom. The summed E-state index contributed by atoms with van der Waals surface area (Å²) in [5.41, 5.74) is 1.32. The van der Waals surface area contributed by atoms with E-state index in [2.05, 4.69) is 83.9 Å². The molecule has 2 rings (SSSR count). The van der Waals surface area contributed by atoms with E-state index >= 15 is 0 Å². The van der Waals surface area contributed by atoms with Crippen molar-refractivity contribution in [2.75, 3.05) is 44.2 Å². The first-order valence-corrected chi connectivity index (χ1v) is 12.3. The third-order valence-corrected chi connectivity index (χ3v) is 10.3. The highest BCUT2D eigenvalue weighted by Crippen LogP contribution is 2.36. The van der Waals surface area contributed by atoms with Crippen molar-refractivity contribution in [3.63, 3.8) is 0 Å². The van der Waals surface area contributed by atoms with E-state index in [1.165, 1.54) is 5.69 Å². The Hall–Kier alpha value is -0.363. The molecule has 0 N–H and O–H groups in total. The fourth-order valence-electron chi connectivity index (χ4n) is 2.53. The summed E-state index contributed by atoms with van der Waals surface area (Å²) in [6.07, 6.45) is 0. The maximum atomic E-state index is 6.30. The van der Waals surface area contributed by atoms with Crippen molar-refractivity contribution in [3.8, 4) is 0 Å². The van der Waals surface area contributed by atoms with E-state index in [-0.39, 0.29) is 0 Å². The standard InChI is InChI=1S/C18H31BrN2OSi/c1-18(2,3)23(4,5)22-15-14-20-10-12-21(13-11-20)17-8-6-16(19)7-9-17/h6-9H,10-15H2,1-5H3. The molecular weight excluding hydrogens is 368 g/mol. The Bertz CT molecular complexity index is 491. The molecule has 23 heavy (non-hydrogen) atoms. The average molecular weight is 399 g/mol. The van der Waals surface area contributed by atoms with Gasteiger partial charge >= 0.3 is 0 Å². The topological polar surface area (TPSA) is 15.7 Å². The van der Waals surface area contributed by atoms with Crippen LogP contribution in [0.2, 0.25) is 18.1 Å². The monoisotopic (exact) mass is 398 g/mol. The Kier molecular flexibility index (Phi) is 6.33. The Morgan fingerprint density at radius 3 is 2.13 bits per heavy atom. The van der Waals surface area contributed by atoms with Crippen LogP contribution >= 0.6 is 15.9 Å². The molecule has 130 valence electrons. The van der Waals surface area contributed by atoms with Crippen molar-refractivity contribution in [1.29, 1.82) is 0 Å². The lowest BCUT2D eigenvalue weighted by Gasteiger charge is -2.39. The lowest BCUT2D eigenvalue weighted by Crippen LogP contribution is -2.48. The van der Waals surface area contributed by atoms with Crippen molar-refractivity contribution in [2.45, 2.75) is 38.9 Å². The number of rotatable bonds is 5. The van der Waals surface area contributed by atoms with Crippen LogP contribution in [0.25, 0.3) is 0 Å². The van der Waals surface area contributed by atoms with E-state index in [0.29, 0.717) is 5.04 Å². The number of piperazine rings is 1. The summed E-state index contributed by atoms with van der Waals surface area (Å²) in [7, 11) is -1.60. The van der Waals surface area contributed by atoms with Crippen LogP contribution in [0.3, 0.4) is 0 Å². The Labute approximate surface area is 151 Å². The van der Waals surface area contributed by atoms with Gasteiger partial charge in [0.15, 0.2) is 8.32 Å². The highest BCUT2D eigenvalue weighted by Gasteiger charge is 2.37. The Morgan fingerprint density at radius 1 is 1.04 bits per heavy atom. The zero-order chi connectivity index (χ0) is 17.1. The van der Waals surface area contributed by atoms with Crippen LogP contribution in [-0.4, -0.2) is 52.5 Å². The van der Waals surface area contributed by atoms with Crippen LogP contribution in [0.4, 0.5) is 5.69 Å². The van der Waals surface area contributed by atoms with Gasteiger partial charge in [0.25, 0.3) is 0 Å². The second-order valence-corrected chi connectivity index (χ2v) is 13.6. The first-order chi connectivity index (χ1) is 10.7. The number of hydrogen-bond acceptors (Lipinski definition) is 3. The molecule has 0 saturated carbocycles. The van der Waals surface area contributed by atoms with Gasteiger partial charge in [0.05, 0.1) is 0 Å². The molecule has 1 fully saturated rings. The zero-order valence-corrected chi connectivity index (χ0v) is 17.8. The molecule has 1 saturated heterocycles. The number of nitrogens with zero attached hydrogens (tertiary/aromatic N) is 2. The van der Waals surface area contributed by atoms with E-state index < -0.39 is 8.32 Å². The highest BCUT2D eigenvalue weighted by atomic mass is 79.9. The van der Waals surface area contributed by atoms with Gasteiger partial charge in [0.2, 0.25) is 0 Å². The van der Waals surface area contributed by atoms with Crippen LogP contribution in [0.15, 0.2) is 28.7 Å². The maximum absolute atomic E-state index is 6.30. The molecule has 0 amide bonds. The van der Waals surface area contributed by atoms with Gasteiger partial charge in [-0.3, -0.25) is 4.90 Å².